The lowest BCUT2D eigenvalue weighted by Gasteiger charge is -2.10. The SMILES string of the molecule is Cc1cc(C#N)ccc1-c1cc(NC(=O)O)cc2ncnn12. The topological polar surface area (TPSA) is 103 Å². The van der Waals surface area contributed by atoms with Crippen LogP contribution in [-0.4, -0.2) is 25.8 Å². The zero-order valence-electron chi connectivity index (χ0n) is 11.6. The van der Waals surface area contributed by atoms with Crippen LogP contribution in [0.1, 0.15) is 11.1 Å². The third-order valence-corrected chi connectivity index (χ3v) is 3.26. The molecule has 0 fully saturated rings. The van der Waals surface area contributed by atoms with Crippen molar-refractivity contribution in [3.05, 3.63) is 47.8 Å². The first kappa shape index (κ1) is 13.6. The fourth-order valence-corrected chi connectivity index (χ4v) is 2.33. The van der Waals surface area contributed by atoms with Gasteiger partial charge in [0.05, 0.1) is 17.3 Å². The number of aryl methyl sites for hydroxylation is 1. The number of aromatic nitrogens is 3. The van der Waals surface area contributed by atoms with E-state index in [0.717, 1.165) is 11.1 Å². The van der Waals surface area contributed by atoms with E-state index in [4.69, 9.17) is 10.4 Å². The van der Waals surface area contributed by atoms with E-state index in [2.05, 4.69) is 21.5 Å². The molecule has 0 saturated heterocycles. The number of amides is 1. The number of rotatable bonds is 2. The Bertz CT molecular complexity index is 923. The quantitative estimate of drug-likeness (QED) is 0.756. The summed E-state index contributed by atoms with van der Waals surface area (Å²) >= 11 is 0. The van der Waals surface area contributed by atoms with Crippen molar-refractivity contribution in [2.45, 2.75) is 6.92 Å². The van der Waals surface area contributed by atoms with Crippen LogP contribution >= 0.6 is 0 Å². The lowest BCUT2D eigenvalue weighted by molar-refractivity contribution is 0.210. The van der Waals surface area contributed by atoms with Gasteiger partial charge in [-0.2, -0.15) is 10.4 Å². The molecule has 1 amide bonds. The van der Waals surface area contributed by atoms with Gasteiger partial charge >= 0.3 is 6.09 Å². The van der Waals surface area contributed by atoms with Crippen molar-refractivity contribution in [1.29, 1.82) is 5.26 Å². The Hall–Kier alpha value is -3.40. The molecule has 2 aromatic heterocycles. The number of nitriles is 1. The second-order valence-electron chi connectivity index (χ2n) is 4.73. The highest BCUT2D eigenvalue weighted by Crippen LogP contribution is 2.27. The normalized spacial score (nSPS) is 10.4. The Balaban J connectivity index is 2.23. The Morgan fingerprint density at radius 2 is 2.18 bits per heavy atom. The molecule has 0 aliphatic carbocycles. The van der Waals surface area contributed by atoms with Crippen molar-refractivity contribution in [1.82, 2.24) is 14.6 Å². The van der Waals surface area contributed by atoms with Crippen molar-refractivity contribution in [3.8, 4) is 17.3 Å². The van der Waals surface area contributed by atoms with E-state index in [1.165, 1.54) is 6.33 Å². The van der Waals surface area contributed by atoms with E-state index >= 15 is 0 Å². The largest absolute Gasteiger partial charge is 0.465 e. The number of benzene rings is 1. The summed E-state index contributed by atoms with van der Waals surface area (Å²) in [5, 5.41) is 24.3. The summed E-state index contributed by atoms with van der Waals surface area (Å²) in [4.78, 5) is 15.0. The van der Waals surface area contributed by atoms with Gasteiger partial charge in [-0.25, -0.2) is 14.3 Å². The zero-order valence-corrected chi connectivity index (χ0v) is 11.6. The molecule has 0 unspecified atom stereocenters. The average molecular weight is 293 g/mol. The molecule has 0 saturated carbocycles. The molecular formula is C15H11N5O2. The van der Waals surface area contributed by atoms with Gasteiger partial charge in [-0.15, -0.1) is 0 Å². The van der Waals surface area contributed by atoms with Crippen LogP contribution in [0.4, 0.5) is 10.5 Å². The van der Waals surface area contributed by atoms with E-state index in [0.29, 0.717) is 22.6 Å². The zero-order chi connectivity index (χ0) is 15.7. The number of fused-ring (bicyclic) bond motifs is 1. The maximum Gasteiger partial charge on any atom is 0.409 e. The summed E-state index contributed by atoms with van der Waals surface area (Å²) < 4.78 is 1.63. The third-order valence-electron chi connectivity index (χ3n) is 3.26. The standard InChI is InChI=1S/C15H11N5O2/c1-9-4-10(7-16)2-3-12(9)13-5-11(19-15(21)22)6-14-17-8-18-20(13)14/h2-6,8,19H,1H3,(H,21,22). The molecule has 0 aliphatic rings. The predicted molar refractivity (Wildman–Crippen MR) is 79.5 cm³/mol. The van der Waals surface area contributed by atoms with Crippen molar-refractivity contribution in [2.75, 3.05) is 5.32 Å². The molecule has 3 aromatic rings. The first-order chi connectivity index (χ1) is 10.6. The molecule has 0 aliphatic heterocycles. The van der Waals surface area contributed by atoms with Gasteiger partial charge in [0.15, 0.2) is 5.65 Å². The number of hydrogen-bond acceptors (Lipinski definition) is 4. The van der Waals surface area contributed by atoms with Crippen LogP contribution in [0.5, 0.6) is 0 Å². The van der Waals surface area contributed by atoms with Crippen LogP contribution in [0.3, 0.4) is 0 Å². The first-order valence-corrected chi connectivity index (χ1v) is 6.43. The van der Waals surface area contributed by atoms with E-state index < -0.39 is 6.09 Å². The Morgan fingerprint density at radius 3 is 2.86 bits per heavy atom. The summed E-state index contributed by atoms with van der Waals surface area (Å²) in [5.74, 6) is 0. The number of pyridine rings is 1. The van der Waals surface area contributed by atoms with Crippen LogP contribution < -0.4 is 5.32 Å². The molecule has 7 heteroatoms. The monoisotopic (exact) mass is 293 g/mol. The molecule has 3 rings (SSSR count). The molecule has 22 heavy (non-hydrogen) atoms. The molecule has 2 heterocycles. The van der Waals surface area contributed by atoms with Gasteiger partial charge < -0.3 is 5.11 Å². The number of nitrogens with zero attached hydrogens (tertiary/aromatic N) is 4. The number of carboxylic acid groups (broad SMARTS) is 1. The summed E-state index contributed by atoms with van der Waals surface area (Å²) in [5.41, 5.74) is 3.94. The predicted octanol–water partition coefficient (Wildman–Crippen LogP) is 2.67. The van der Waals surface area contributed by atoms with Crippen LogP contribution in [0.25, 0.3) is 16.9 Å². The molecular weight excluding hydrogens is 282 g/mol. The fourth-order valence-electron chi connectivity index (χ4n) is 2.33. The highest BCUT2D eigenvalue weighted by atomic mass is 16.4. The first-order valence-electron chi connectivity index (χ1n) is 6.43. The van der Waals surface area contributed by atoms with Crippen LogP contribution in [0.2, 0.25) is 0 Å². The van der Waals surface area contributed by atoms with Gasteiger partial charge in [0, 0.05) is 17.3 Å². The number of nitrogens with one attached hydrogen (secondary N) is 1. The van der Waals surface area contributed by atoms with Gasteiger partial charge in [0.25, 0.3) is 0 Å². The van der Waals surface area contributed by atoms with Gasteiger partial charge in [-0.1, -0.05) is 6.07 Å². The summed E-state index contributed by atoms with van der Waals surface area (Å²) in [6, 6.07) is 10.7. The molecule has 1 aromatic carbocycles. The Labute approximate surface area is 125 Å². The minimum absolute atomic E-state index is 0.409. The summed E-state index contributed by atoms with van der Waals surface area (Å²) in [6.07, 6.45) is 0.258. The van der Waals surface area contributed by atoms with E-state index in [1.54, 1.807) is 28.8 Å². The minimum atomic E-state index is -1.15. The smallest absolute Gasteiger partial charge is 0.409 e. The highest BCUT2D eigenvalue weighted by Gasteiger charge is 2.12. The van der Waals surface area contributed by atoms with E-state index in [1.807, 2.05) is 13.0 Å². The van der Waals surface area contributed by atoms with Gasteiger partial charge in [-0.05, 0) is 30.7 Å². The van der Waals surface area contributed by atoms with Crippen LogP contribution in [0, 0.1) is 18.3 Å². The molecule has 0 radical (unpaired) electrons. The molecule has 0 bridgehead atoms. The Kier molecular flexibility index (Phi) is 3.20. The van der Waals surface area contributed by atoms with Crippen molar-refractivity contribution in [2.24, 2.45) is 0 Å². The Morgan fingerprint density at radius 1 is 1.36 bits per heavy atom. The van der Waals surface area contributed by atoms with Gasteiger partial charge in [0.2, 0.25) is 0 Å². The number of hydrogen-bond donors (Lipinski definition) is 2. The molecule has 108 valence electrons. The molecule has 0 spiro atoms. The van der Waals surface area contributed by atoms with Crippen molar-refractivity contribution < 1.29 is 9.90 Å². The van der Waals surface area contributed by atoms with Crippen molar-refractivity contribution in [3.63, 3.8) is 0 Å². The lowest BCUT2D eigenvalue weighted by atomic mass is 10.0. The molecule has 0 atom stereocenters. The average Bonchev–Trinajstić information content (AvgIpc) is 2.94. The highest BCUT2D eigenvalue weighted by molar-refractivity contribution is 5.85. The third kappa shape index (κ3) is 2.33. The minimum Gasteiger partial charge on any atom is -0.465 e. The van der Waals surface area contributed by atoms with E-state index in [9.17, 15) is 4.79 Å². The second-order valence-corrected chi connectivity index (χ2v) is 4.73. The maximum absolute atomic E-state index is 10.9. The molecule has 2 N–H and O–H groups in total. The summed E-state index contributed by atoms with van der Waals surface area (Å²) in [7, 11) is 0. The van der Waals surface area contributed by atoms with E-state index in [-0.39, 0.29) is 0 Å². The lowest BCUT2D eigenvalue weighted by Crippen LogP contribution is -2.08. The molecule has 7 nitrogen and oxygen atoms in total. The second kappa shape index (κ2) is 5.18. The fraction of sp³-hybridized carbons (Fsp3) is 0.0667. The van der Waals surface area contributed by atoms with Crippen LogP contribution in [0.15, 0.2) is 36.7 Å². The van der Waals surface area contributed by atoms with Gasteiger partial charge in [0.1, 0.15) is 6.33 Å². The van der Waals surface area contributed by atoms with Crippen molar-refractivity contribution >= 4 is 17.4 Å². The van der Waals surface area contributed by atoms with Crippen LogP contribution in [-0.2, 0) is 0 Å². The summed E-state index contributed by atoms with van der Waals surface area (Å²) in [6.45, 7) is 1.89. The number of anilines is 1. The number of carbonyl (C=O) groups is 1. The maximum atomic E-state index is 10.9. The van der Waals surface area contributed by atoms with Gasteiger partial charge in [-0.3, -0.25) is 5.32 Å².